The van der Waals surface area contributed by atoms with Crippen molar-refractivity contribution in [3.05, 3.63) is 0 Å². The van der Waals surface area contributed by atoms with Crippen LogP contribution in [0, 0.1) is 5.92 Å². The van der Waals surface area contributed by atoms with Crippen molar-refractivity contribution < 1.29 is 65.8 Å². The first-order valence-corrected chi connectivity index (χ1v) is 12.9. The fourth-order valence-corrected chi connectivity index (χ4v) is 4.00. The second kappa shape index (κ2) is 10.7. The van der Waals surface area contributed by atoms with Crippen molar-refractivity contribution in [2.45, 2.75) is 31.6 Å². The van der Waals surface area contributed by atoms with Gasteiger partial charge in [-0.3, -0.25) is 23.2 Å². The van der Waals surface area contributed by atoms with Gasteiger partial charge in [0.15, 0.2) is 18.6 Å². The molecule has 1 heterocycles. The van der Waals surface area contributed by atoms with Crippen LogP contribution in [0.2, 0.25) is 0 Å². The summed E-state index contributed by atoms with van der Waals surface area (Å²) in [6, 6.07) is 0. The molecule has 5 atom stereocenters. The van der Waals surface area contributed by atoms with Crippen LogP contribution >= 0.6 is 15.9 Å². The highest BCUT2D eigenvalue weighted by molar-refractivity contribution is 9.09. The zero-order valence-electron chi connectivity index (χ0n) is 15.1. The van der Waals surface area contributed by atoms with Crippen LogP contribution in [0.25, 0.3) is 0 Å². The van der Waals surface area contributed by atoms with Crippen molar-refractivity contribution >= 4 is 58.9 Å². The van der Waals surface area contributed by atoms with Crippen molar-refractivity contribution in [2.24, 2.45) is 5.92 Å². The molecule has 2 amide bonds. The zero-order valence-corrected chi connectivity index (χ0v) is 19.2. The van der Waals surface area contributed by atoms with Gasteiger partial charge < -0.3 is 15.4 Å². The van der Waals surface area contributed by atoms with Gasteiger partial charge in [0.2, 0.25) is 11.8 Å². The fourth-order valence-electron chi connectivity index (χ4n) is 2.28. The predicted octanol–water partition coefficient (Wildman–Crippen LogP) is -2.87. The average Bonchev–Trinajstić information content (AvgIpc) is 2.56. The number of hydrogen-bond acceptors (Lipinski definition) is 12. The Kier molecular flexibility index (Phi) is 9.71. The monoisotopic (exact) mass is 580 g/mol. The van der Waals surface area contributed by atoms with Gasteiger partial charge in [-0.05, 0) is 0 Å². The van der Waals surface area contributed by atoms with Crippen molar-refractivity contribution in [2.75, 3.05) is 11.9 Å². The van der Waals surface area contributed by atoms with E-state index in [9.17, 15) is 34.8 Å². The summed E-state index contributed by atoms with van der Waals surface area (Å²) in [7, 11) is -15.9. The lowest BCUT2D eigenvalue weighted by molar-refractivity contribution is -0.246. The molecule has 0 bridgehead atoms. The predicted molar refractivity (Wildman–Crippen MR) is 98.2 cm³/mol. The van der Waals surface area contributed by atoms with E-state index in [1.807, 2.05) is 5.32 Å². The van der Waals surface area contributed by atoms with Crippen LogP contribution in [0.5, 0.6) is 0 Å². The Bertz CT molecular complexity index is 981. The number of alkyl halides is 1. The first-order chi connectivity index (χ1) is 13.9. The third-order valence-electron chi connectivity index (χ3n) is 3.40. The number of carbonyl (C=O) groups excluding carboxylic acids is 2. The first-order valence-electron chi connectivity index (χ1n) is 7.66. The number of halogens is 1. The quantitative estimate of drug-likeness (QED) is 0.128. The standard InChI is InChI=1S/C10H17BrN2O15S3/c1-4-7(26-29(16,17)18)8(27-30(19,20)21)9(25-10(4)28-31(22,23)24)13-6(15)3-12-5(14)2-11/h4,7-10H,2-3H2,1H3,(H,12,14)(H,13,15)(H,16,17,18)(H,19,20,21)(H,22,23,24)/t4?,7-,8?,9+,10?/m0/s1. The summed E-state index contributed by atoms with van der Waals surface area (Å²) in [4.78, 5) is 23.2. The Morgan fingerprint density at radius 3 is 1.84 bits per heavy atom. The second-order valence-corrected chi connectivity index (χ2v) is 9.47. The van der Waals surface area contributed by atoms with E-state index in [1.165, 1.54) is 0 Å². The number of rotatable bonds is 10. The van der Waals surface area contributed by atoms with Gasteiger partial charge in [-0.1, -0.05) is 22.9 Å². The minimum absolute atomic E-state index is 0.180. The van der Waals surface area contributed by atoms with E-state index in [-0.39, 0.29) is 5.33 Å². The molecule has 0 saturated carbocycles. The Hall–Kier alpha value is -1.01. The molecule has 0 aromatic rings. The fraction of sp³-hybridized carbons (Fsp3) is 0.800. The van der Waals surface area contributed by atoms with Gasteiger partial charge in [0, 0.05) is 5.92 Å². The van der Waals surface area contributed by atoms with Crippen LogP contribution in [0.1, 0.15) is 6.92 Å². The molecule has 5 N–H and O–H groups in total. The molecule has 3 unspecified atom stereocenters. The maximum absolute atomic E-state index is 12.0. The van der Waals surface area contributed by atoms with Gasteiger partial charge in [-0.25, -0.2) is 12.5 Å². The highest BCUT2D eigenvalue weighted by atomic mass is 79.9. The molecule has 0 radical (unpaired) electrons. The van der Waals surface area contributed by atoms with Crippen molar-refractivity contribution in [3.8, 4) is 0 Å². The molecule has 0 aromatic heterocycles. The molecule has 31 heavy (non-hydrogen) atoms. The summed E-state index contributed by atoms with van der Waals surface area (Å²) in [5.41, 5.74) is 0. The number of ether oxygens (including phenoxy) is 1. The minimum Gasteiger partial charge on any atom is -0.346 e. The lowest BCUT2D eigenvalue weighted by atomic mass is 9.95. The lowest BCUT2D eigenvalue weighted by Gasteiger charge is -2.42. The molecule has 1 aliphatic heterocycles. The first kappa shape index (κ1) is 28.0. The van der Waals surface area contributed by atoms with Crippen LogP contribution in [0.15, 0.2) is 0 Å². The lowest BCUT2D eigenvalue weighted by Crippen LogP contribution is -2.63. The summed E-state index contributed by atoms with van der Waals surface area (Å²) >= 11 is 2.81. The molecule has 17 nitrogen and oxygen atoms in total. The van der Waals surface area contributed by atoms with Crippen molar-refractivity contribution in [3.63, 3.8) is 0 Å². The van der Waals surface area contributed by atoms with E-state index in [4.69, 9.17) is 18.4 Å². The molecule has 1 saturated heterocycles. The molecular formula is C10H17BrN2O15S3. The number of amides is 2. The Morgan fingerprint density at radius 2 is 1.39 bits per heavy atom. The topological polar surface area (TPSA) is 258 Å². The van der Waals surface area contributed by atoms with Gasteiger partial charge in [-0.15, -0.1) is 0 Å². The second-order valence-electron chi connectivity index (χ2n) is 5.76. The Balaban J connectivity index is 3.29. The smallest absolute Gasteiger partial charge is 0.346 e. The van der Waals surface area contributed by atoms with Crippen molar-refractivity contribution in [1.29, 1.82) is 0 Å². The van der Waals surface area contributed by atoms with Gasteiger partial charge in [0.1, 0.15) is 6.10 Å². The minimum atomic E-state index is -5.36. The normalized spacial score (nSPS) is 27.5. The molecular weight excluding hydrogens is 564 g/mol. The van der Waals surface area contributed by atoms with E-state index >= 15 is 0 Å². The molecule has 1 fully saturated rings. The maximum Gasteiger partial charge on any atom is 0.399 e. The van der Waals surface area contributed by atoms with Crippen LogP contribution < -0.4 is 10.6 Å². The summed E-state index contributed by atoms with van der Waals surface area (Å²) in [5.74, 6) is -3.34. The SMILES string of the molecule is CC1C(OS(=O)(=O)O)O[C@@H](NC(=O)CNC(=O)CBr)C(OS(=O)(=O)O)[C@H]1OS(=O)(=O)O. The zero-order chi connectivity index (χ0) is 24.2. The van der Waals surface area contributed by atoms with E-state index < -0.39 is 80.2 Å². The largest absolute Gasteiger partial charge is 0.399 e. The third kappa shape index (κ3) is 10.4. The van der Waals surface area contributed by atoms with Crippen LogP contribution in [0.4, 0.5) is 0 Å². The maximum atomic E-state index is 12.0. The summed E-state index contributed by atoms with van der Waals surface area (Å²) in [6.07, 6.45) is -8.60. The van der Waals surface area contributed by atoms with E-state index in [0.29, 0.717) is 0 Å². The van der Waals surface area contributed by atoms with Crippen LogP contribution in [-0.4, -0.2) is 87.3 Å². The molecule has 0 aromatic carbocycles. The highest BCUT2D eigenvalue weighted by Crippen LogP contribution is 2.32. The van der Waals surface area contributed by atoms with Crippen LogP contribution in [0.3, 0.4) is 0 Å². The van der Waals surface area contributed by atoms with Gasteiger partial charge in [0.05, 0.1) is 11.9 Å². The Morgan fingerprint density at radius 1 is 0.903 bits per heavy atom. The number of carbonyl (C=O) groups is 2. The van der Waals surface area contributed by atoms with E-state index in [2.05, 4.69) is 33.8 Å². The third-order valence-corrected chi connectivity index (χ3v) is 5.28. The van der Waals surface area contributed by atoms with Gasteiger partial charge >= 0.3 is 31.2 Å². The molecule has 21 heteroatoms. The molecule has 0 aliphatic carbocycles. The van der Waals surface area contributed by atoms with Gasteiger partial charge in [0.25, 0.3) is 0 Å². The van der Waals surface area contributed by atoms with Gasteiger partial charge in [-0.2, -0.15) is 25.3 Å². The number of hydrogen-bond donors (Lipinski definition) is 5. The van der Waals surface area contributed by atoms with Crippen LogP contribution in [-0.2, 0) is 58.1 Å². The van der Waals surface area contributed by atoms with E-state index in [0.717, 1.165) is 6.92 Å². The summed E-state index contributed by atoms with van der Waals surface area (Å²) < 4.78 is 111. The summed E-state index contributed by atoms with van der Waals surface area (Å²) in [6.45, 7) is 0.256. The average molecular weight is 581 g/mol. The molecule has 1 aliphatic rings. The molecule has 1 rings (SSSR count). The number of nitrogens with one attached hydrogen (secondary N) is 2. The van der Waals surface area contributed by atoms with E-state index in [1.54, 1.807) is 0 Å². The molecule has 182 valence electrons. The summed E-state index contributed by atoms with van der Waals surface area (Å²) in [5, 5.41) is 3.83. The molecule has 0 spiro atoms. The highest BCUT2D eigenvalue weighted by Gasteiger charge is 2.51. The Labute approximate surface area is 184 Å². The van der Waals surface area contributed by atoms with Crippen molar-refractivity contribution in [1.82, 2.24) is 10.6 Å².